The highest BCUT2D eigenvalue weighted by molar-refractivity contribution is 9.08. The monoisotopic (exact) mass is 411 g/mol. The van der Waals surface area contributed by atoms with Crippen LogP contribution in [0.2, 0.25) is 0 Å². The molecular weight excluding hydrogens is 390 g/mol. The first-order valence-electron chi connectivity index (χ1n) is 8.84. The van der Waals surface area contributed by atoms with Gasteiger partial charge in [0.05, 0.1) is 28.9 Å². The molecule has 0 unspecified atom stereocenters. The highest BCUT2D eigenvalue weighted by atomic mass is 79.9. The first kappa shape index (κ1) is 17.2. The lowest BCUT2D eigenvalue weighted by Crippen LogP contribution is -2.13. The Morgan fingerprint density at radius 2 is 1.92 bits per heavy atom. The third-order valence-electron chi connectivity index (χ3n) is 4.45. The fourth-order valence-corrected chi connectivity index (χ4v) is 3.29. The Morgan fingerprint density at radius 1 is 1.12 bits per heavy atom. The number of para-hydroxylation sites is 2. The van der Waals surface area contributed by atoms with E-state index < -0.39 is 0 Å². The van der Waals surface area contributed by atoms with Crippen molar-refractivity contribution >= 4 is 21.6 Å². The van der Waals surface area contributed by atoms with Crippen LogP contribution in [0, 0.1) is 0 Å². The van der Waals surface area contributed by atoms with Crippen molar-refractivity contribution in [3.05, 3.63) is 60.3 Å². The Morgan fingerprint density at radius 3 is 2.65 bits per heavy atom. The molecular formula is C21H22BrN3O. The fourth-order valence-electron chi connectivity index (χ4n) is 3.01. The number of aromatic nitrogens is 2. The van der Waals surface area contributed by atoms with Gasteiger partial charge < -0.3 is 9.64 Å². The number of nitrogens with zero attached hydrogens (tertiary/aromatic N) is 3. The van der Waals surface area contributed by atoms with Crippen molar-refractivity contribution < 1.29 is 4.74 Å². The van der Waals surface area contributed by atoms with Gasteiger partial charge in [-0.15, -0.1) is 0 Å². The van der Waals surface area contributed by atoms with E-state index in [1.54, 1.807) is 0 Å². The summed E-state index contributed by atoms with van der Waals surface area (Å²) in [4.78, 5) is 2.11. The van der Waals surface area contributed by atoms with Gasteiger partial charge in [0.1, 0.15) is 5.75 Å². The van der Waals surface area contributed by atoms with Gasteiger partial charge in [-0.3, -0.25) is 0 Å². The SMILES string of the molecule is CN(C)c1ccccc1-n1nc(CBr)cc1-c1cccc(OC2CC2)c1. The van der Waals surface area contributed by atoms with Gasteiger partial charge >= 0.3 is 0 Å². The van der Waals surface area contributed by atoms with Crippen LogP contribution in [0.25, 0.3) is 16.9 Å². The minimum absolute atomic E-state index is 0.391. The number of ether oxygens (including phenoxy) is 1. The highest BCUT2D eigenvalue weighted by Gasteiger charge is 2.23. The van der Waals surface area contributed by atoms with Gasteiger partial charge in [0.15, 0.2) is 0 Å². The van der Waals surface area contributed by atoms with Crippen LogP contribution >= 0.6 is 15.9 Å². The molecule has 134 valence electrons. The predicted octanol–water partition coefficient (Wildman–Crippen LogP) is 5.04. The van der Waals surface area contributed by atoms with Crippen LogP contribution in [0.3, 0.4) is 0 Å². The van der Waals surface area contributed by atoms with Gasteiger partial charge in [0.25, 0.3) is 0 Å². The molecule has 0 N–H and O–H groups in total. The zero-order valence-corrected chi connectivity index (χ0v) is 16.6. The van der Waals surface area contributed by atoms with Crippen LogP contribution in [0.4, 0.5) is 5.69 Å². The van der Waals surface area contributed by atoms with Gasteiger partial charge in [-0.2, -0.15) is 5.10 Å². The number of alkyl halides is 1. The van der Waals surface area contributed by atoms with Crippen molar-refractivity contribution in [2.24, 2.45) is 0 Å². The molecule has 3 aromatic rings. The molecule has 0 aliphatic heterocycles. The molecule has 0 bridgehead atoms. The van der Waals surface area contributed by atoms with Crippen molar-refractivity contribution in [2.75, 3.05) is 19.0 Å². The molecule has 4 rings (SSSR count). The lowest BCUT2D eigenvalue weighted by atomic mass is 10.1. The van der Waals surface area contributed by atoms with E-state index in [0.717, 1.165) is 52.2 Å². The minimum Gasteiger partial charge on any atom is -0.490 e. The standard InChI is InChI=1S/C21H22BrN3O/c1-24(2)19-8-3-4-9-20(19)25-21(13-16(14-22)23-25)15-6-5-7-18(12-15)26-17-10-11-17/h3-9,12-13,17H,10-11,14H2,1-2H3. The van der Waals surface area contributed by atoms with Crippen molar-refractivity contribution in [1.82, 2.24) is 9.78 Å². The van der Waals surface area contributed by atoms with E-state index >= 15 is 0 Å². The molecule has 0 saturated heterocycles. The number of halogens is 1. The van der Waals surface area contributed by atoms with Crippen LogP contribution in [-0.4, -0.2) is 30.0 Å². The molecule has 1 fully saturated rings. The van der Waals surface area contributed by atoms with Crippen molar-refractivity contribution in [3.8, 4) is 22.7 Å². The average Bonchev–Trinajstić information content (AvgIpc) is 3.36. The zero-order chi connectivity index (χ0) is 18.1. The number of hydrogen-bond acceptors (Lipinski definition) is 3. The van der Waals surface area contributed by atoms with E-state index in [1.807, 2.05) is 16.8 Å². The zero-order valence-electron chi connectivity index (χ0n) is 15.0. The summed E-state index contributed by atoms with van der Waals surface area (Å²) in [6, 6.07) is 18.8. The van der Waals surface area contributed by atoms with Gasteiger partial charge in [0, 0.05) is 25.0 Å². The second-order valence-corrected chi connectivity index (χ2v) is 7.36. The van der Waals surface area contributed by atoms with Crippen molar-refractivity contribution in [2.45, 2.75) is 24.3 Å². The predicted molar refractivity (Wildman–Crippen MR) is 110 cm³/mol. The lowest BCUT2D eigenvalue weighted by Gasteiger charge is -2.18. The van der Waals surface area contributed by atoms with Gasteiger partial charge in [-0.1, -0.05) is 40.2 Å². The maximum absolute atomic E-state index is 5.98. The molecule has 1 aliphatic carbocycles. The van der Waals surface area contributed by atoms with Crippen LogP contribution in [0.1, 0.15) is 18.5 Å². The maximum atomic E-state index is 5.98. The number of anilines is 1. The Labute approximate surface area is 162 Å². The quantitative estimate of drug-likeness (QED) is 0.532. The maximum Gasteiger partial charge on any atom is 0.120 e. The van der Waals surface area contributed by atoms with Crippen LogP contribution in [0.5, 0.6) is 5.75 Å². The van der Waals surface area contributed by atoms with E-state index in [-0.39, 0.29) is 0 Å². The Hall–Kier alpha value is -2.27. The summed E-state index contributed by atoms with van der Waals surface area (Å²) in [6.45, 7) is 0. The second kappa shape index (κ2) is 7.16. The van der Waals surface area contributed by atoms with E-state index in [2.05, 4.69) is 77.4 Å². The fraction of sp³-hybridized carbons (Fsp3) is 0.286. The molecule has 1 aliphatic rings. The third kappa shape index (κ3) is 3.49. The molecule has 0 spiro atoms. The minimum atomic E-state index is 0.391. The van der Waals surface area contributed by atoms with E-state index in [4.69, 9.17) is 9.84 Å². The topological polar surface area (TPSA) is 30.3 Å². The molecule has 0 amide bonds. The summed E-state index contributed by atoms with van der Waals surface area (Å²) >= 11 is 3.54. The normalized spacial score (nSPS) is 13.7. The molecule has 0 atom stereocenters. The van der Waals surface area contributed by atoms with Crippen molar-refractivity contribution in [1.29, 1.82) is 0 Å². The first-order valence-corrected chi connectivity index (χ1v) is 9.96. The summed E-state index contributed by atoms with van der Waals surface area (Å²) in [5.41, 5.74) is 5.37. The summed E-state index contributed by atoms with van der Waals surface area (Å²) in [7, 11) is 4.11. The van der Waals surface area contributed by atoms with Crippen LogP contribution in [-0.2, 0) is 5.33 Å². The average molecular weight is 412 g/mol. The largest absolute Gasteiger partial charge is 0.490 e. The molecule has 2 aromatic carbocycles. The van der Waals surface area contributed by atoms with E-state index in [0.29, 0.717) is 6.10 Å². The molecule has 0 radical (unpaired) electrons. The lowest BCUT2D eigenvalue weighted by molar-refractivity contribution is 0.303. The Balaban J connectivity index is 1.81. The Bertz CT molecular complexity index is 915. The van der Waals surface area contributed by atoms with Gasteiger partial charge in [0.2, 0.25) is 0 Å². The molecule has 5 heteroatoms. The van der Waals surface area contributed by atoms with Crippen LogP contribution in [0.15, 0.2) is 54.6 Å². The Kier molecular flexibility index (Phi) is 4.72. The van der Waals surface area contributed by atoms with E-state index in [9.17, 15) is 0 Å². The van der Waals surface area contributed by atoms with Crippen molar-refractivity contribution in [3.63, 3.8) is 0 Å². The first-order chi connectivity index (χ1) is 12.7. The van der Waals surface area contributed by atoms with E-state index in [1.165, 1.54) is 0 Å². The van der Waals surface area contributed by atoms with Gasteiger partial charge in [-0.25, -0.2) is 4.68 Å². The molecule has 4 nitrogen and oxygen atoms in total. The third-order valence-corrected chi connectivity index (χ3v) is 5.02. The highest BCUT2D eigenvalue weighted by Crippen LogP contribution is 2.33. The molecule has 26 heavy (non-hydrogen) atoms. The summed E-state index contributed by atoms with van der Waals surface area (Å²) in [5.74, 6) is 0.930. The summed E-state index contributed by atoms with van der Waals surface area (Å²) in [5, 5.41) is 5.54. The summed E-state index contributed by atoms with van der Waals surface area (Å²) < 4.78 is 8.01. The van der Waals surface area contributed by atoms with Gasteiger partial charge in [-0.05, 0) is 43.2 Å². The number of rotatable bonds is 6. The second-order valence-electron chi connectivity index (χ2n) is 6.79. The van der Waals surface area contributed by atoms with Crippen LogP contribution < -0.4 is 9.64 Å². The smallest absolute Gasteiger partial charge is 0.120 e. The molecule has 1 heterocycles. The summed E-state index contributed by atoms with van der Waals surface area (Å²) in [6.07, 6.45) is 2.71. The number of benzene rings is 2. The molecule has 1 saturated carbocycles. The molecule has 1 aromatic heterocycles. The number of hydrogen-bond donors (Lipinski definition) is 0.